The SMILES string of the molecule is NCCS(=O)(=O)N1CCc2ccccc2C1. The number of nitrogens with zero attached hydrogens (tertiary/aromatic N) is 1. The molecule has 0 radical (unpaired) electrons. The van der Waals surface area contributed by atoms with Crippen molar-refractivity contribution in [3.63, 3.8) is 0 Å². The summed E-state index contributed by atoms with van der Waals surface area (Å²) in [5.41, 5.74) is 7.67. The normalized spacial score (nSPS) is 17.1. The first-order chi connectivity index (χ1) is 7.63. The molecule has 0 saturated carbocycles. The summed E-state index contributed by atoms with van der Waals surface area (Å²) in [7, 11) is -3.17. The van der Waals surface area contributed by atoms with Crippen molar-refractivity contribution in [2.24, 2.45) is 5.73 Å². The highest BCUT2D eigenvalue weighted by atomic mass is 32.2. The fourth-order valence-electron chi connectivity index (χ4n) is 1.99. The predicted octanol–water partition coefficient (Wildman–Crippen LogP) is 0.333. The fraction of sp³-hybridized carbons (Fsp3) is 0.455. The Kier molecular flexibility index (Phi) is 3.28. The molecule has 2 N–H and O–H groups in total. The van der Waals surface area contributed by atoms with E-state index >= 15 is 0 Å². The number of sulfonamides is 1. The number of fused-ring (bicyclic) bond motifs is 1. The summed E-state index contributed by atoms with van der Waals surface area (Å²) >= 11 is 0. The third-order valence-electron chi connectivity index (χ3n) is 2.86. The largest absolute Gasteiger partial charge is 0.329 e. The molecule has 2 rings (SSSR count). The summed E-state index contributed by atoms with van der Waals surface area (Å²) in [5.74, 6) is 0.0369. The molecule has 4 nitrogen and oxygen atoms in total. The predicted molar refractivity (Wildman–Crippen MR) is 63.4 cm³/mol. The molecule has 0 bridgehead atoms. The zero-order valence-electron chi connectivity index (χ0n) is 9.09. The van der Waals surface area contributed by atoms with Gasteiger partial charge in [-0.25, -0.2) is 8.42 Å². The Morgan fingerprint density at radius 3 is 2.62 bits per heavy atom. The highest BCUT2D eigenvalue weighted by molar-refractivity contribution is 7.89. The van der Waals surface area contributed by atoms with Crippen molar-refractivity contribution >= 4 is 10.0 Å². The van der Waals surface area contributed by atoms with Gasteiger partial charge < -0.3 is 5.73 Å². The summed E-state index contributed by atoms with van der Waals surface area (Å²) in [6.07, 6.45) is 0.792. The average molecular weight is 240 g/mol. The van der Waals surface area contributed by atoms with Gasteiger partial charge in [0.05, 0.1) is 5.75 Å². The summed E-state index contributed by atoms with van der Waals surface area (Å²) in [6, 6.07) is 7.97. The molecule has 5 heteroatoms. The second-order valence-corrected chi connectivity index (χ2v) is 6.05. The van der Waals surface area contributed by atoms with Gasteiger partial charge in [-0.15, -0.1) is 0 Å². The molecule has 0 aliphatic carbocycles. The Morgan fingerprint density at radius 2 is 1.94 bits per heavy atom. The van der Waals surface area contributed by atoms with Gasteiger partial charge in [-0.2, -0.15) is 4.31 Å². The minimum absolute atomic E-state index is 0.0369. The van der Waals surface area contributed by atoms with Gasteiger partial charge in [0.2, 0.25) is 10.0 Å². The molecular formula is C11H16N2O2S. The van der Waals surface area contributed by atoms with Crippen LogP contribution in [-0.4, -0.2) is 31.6 Å². The molecular weight excluding hydrogens is 224 g/mol. The minimum atomic E-state index is -3.17. The van der Waals surface area contributed by atoms with Gasteiger partial charge in [-0.3, -0.25) is 0 Å². The van der Waals surface area contributed by atoms with Crippen molar-refractivity contribution in [2.75, 3.05) is 18.8 Å². The lowest BCUT2D eigenvalue weighted by atomic mass is 10.0. The third kappa shape index (κ3) is 2.26. The van der Waals surface area contributed by atoms with Gasteiger partial charge in [0.25, 0.3) is 0 Å². The van der Waals surface area contributed by atoms with Crippen LogP contribution in [0.4, 0.5) is 0 Å². The zero-order valence-corrected chi connectivity index (χ0v) is 9.91. The van der Waals surface area contributed by atoms with Crippen LogP contribution in [0.15, 0.2) is 24.3 Å². The van der Waals surface area contributed by atoms with E-state index in [1.165, 1.54) is 9.87 Å². The number of nitrogens with two attached hydrogens (primary N) is 1. The summed E-state index contributed by atoms with van der Waals surface area (Å²) in [4.78, 5) is 0. The third-order valence-corrected chi connectivity index (χ3v) is 4.71. The van der Waals surface area contributed by atoms with Crippen molar-refractivity contribution in [3.8, 4) is 0 Å². The molecule has 0 spiro atoms. The first-order valence-corrected chi connectivity index (χ1v) is 6.99. The Balaban J connectivity index is 2.20. The van der Waals surface area contributed by atoms with Crippen LogP contribution in [0.1, 0.15) is 11.1 Å². The lowest BCUT2D eigenvalue weighted by Gasteiger charge is -2.27. The molecule has 1 aromatic rings. The Hall–Kier alpha value is -0.910. The van der Waals surface area contributed by atoms with Crippen molar-refractivity contribution < 1.29 is 8.42 Å². The number of rotatable bonds is 3. The molecule has 0 atom stereocenters. The van der Waals surface area contributed by atoms with E-state index in [9.17, 15) is 8.42 Å². The Bertz CT molecular complexity index is 471. The topological polar surface area (TPSA) is 63.4 Å². The standard InChI is InChI=1S/C11H16N2O2S/c12-6-8-16(14,15)13-7-5-10-3-1-2-4-11(10)9-13/h1-4H,5-9,12H2. The first kappa shape index (κ1) is 11.6. The van der Waals surface area contributed by atoms with E-state index in [0.717, 1.165) is 12.0 Å². The van der Waals surface area contributed by atoms with Crippen LogP contribution in [0.5, 0.6) is 0 Å². The highest BCUT2D eigenvalue weighted by Crippen LogP contribution is 2.20. The quantitative estimate of drug-likeness (QED) is 0.828. The van der Waals surface area contributed by atoms with E-state index < -0.39 is 10.0 Å². The van der Waals surface area contributed by atoms with Crippen LogP contribution in [0.2, 0.25) is 0 Å². The molecule has 0 fully saturated rings. The fourth-order valence-corrected chi connectivity index (χ4v) is 3.25. The van der Waals surface area contributed by atoms with E-state index in [1.807, 2.05) is 18.2 Å². The highest BCUT2D eigenvalue weighted by Gasteiger charge is 2.25. The van der Waals surface area contributed by atoms with Gasteiger partial charge in [0, 0.05) is 19.6 Å². The molecule has 88 valence electrons. The van der Waals surface area contributed by atoms with Crippen LogP contribution < -0.4 is 5.73 Å². The molecule has 0 saturated heterocycles. The van der Waals surface area contributed by atoms with E-state index in [0.29, 0.717) is 13.1 Å². The van der Waals surface area contributed by atoms with E-state index in [1.54, 1.807) is 0 Å². The lowest BCUT2D eigenvalue weighted by Crippen LogP contribution is -2.38. The molecule has 1 aliphatic rings. The second kappa shape index (κ2) is 4.53. The van der Waals surface area contributed by atoms with Gasteiger partial charge in [-0.1, -0.05) is 24.3 Å². The Labute approximate surface area is 96.1 Å². The number of hydrogen-bond donors (Lipinski definition) is 1. The molecule has 16 heavy (non-hydrogen) atoms. The zero-order chi connectivity index (χ0) is 11.6. The first-order valence-electron chi connectivity index (χ1n) is 5.38. The van der Waals surface area contributed by atoms with E-state index in [-0.39, 0.29) is 12.3 Å². The Morgan fingerprint density at radius 1 is 1.25 bits per heavy atom. The maximum Gasteiger partial charge on any atom is 0.215 e. The van der Waals surface area contributed by atoms with Gasteiger partial charge in [-0.05, 0) is 17.5 Å². The van der Waals surface area contributed by atoms with Crippen molar-refractivity contribution in [2.45, 2.75) is 13.0 Å². The van der Waals surface area contributed by atoms with Gasteiger partial charge in [0.15, 0.2) is 0 Å². The van der Waals surface area contributed by atoms with Crippen LogP contribution in [0.25, 0.3) is 0 Å². The number of hydrogen-bond acceptors (Lipinski definition) is 3. The van der Waals surface area contributed by atoms with Crippen molar-refractivity contribution in [3.05, 3.63) is 35.4 Å². The number of benzene rings is 1. The minimum Gasteiger partial charge on any atom is -0.329 e. The van der Waals surface area contributed by atoms with Crippen molar-refractivity contribution in [1.29, 1.82) is 0 Å². The van der Waals surface area contributed by atoms with Crippen LogP contribution in [0, 0.1) is 0 Å². The average Bonchev–Trinajstić information content (AvgIpc) is 2.28. The maximum absolute atomic E-state index is 11.8. The second-order valence-electron chi connectivity index (χ2n) is 3.96. The summed E-state index contributed by atoms with van der Waals surface area (Å²) in [5, 5.41) is 0. The molecule has 0 amide bonds. The molecule has 0 aromatic heterocycles. The van der Waals surface area contributed by atoms with Crippen LogP contribution in [0.3, 0.4) is 0 Å². The molecule has 1 aliphatic heterocycles. The molecule has 1 heterocycles. The van der Waals surface area contributed by atoms with E-state index in [4.69, 9.17) is 5.73 Å². The molecule has 0 unspecified atom stereocenters. The summed E-state index contributed by atoms with van der Waals surface area (Å²) in [6.45, 7) is 1.23. The molecule has 1 aromatic carbocycles. The van der Waals surface area contributed by atoms with E-state index in [2.05, 4.69) is 6.07 Å². The maximum atomic E-state index is 11.8. The van der Waals surface area contributed by atoms with Crippen LogP contribution >= 0.6 is 0 Å². The monoisotopic (exact) mass is 240 g/mol. The van der Waals surface area contributed by atoms with Gasteiger partial charge in [0.1, 0.15) is 0 Å². The lowest BCUT2D eigenvalue weighted by molar-refractivity contribution is 0.391. The van der Waals surface area contributed by atoms with Gasteiger partial charge >= 0.3 is 0 Å². The van der Waals surface area contributed by atoms with Crippen molar-refractivity contribution in [1.82, 2.24) is 4.31 Å². The summed E-state index contributed by atoms with van der Waals surface area (Å²) < 4.78 is 25.2. The van der Waals surface area contributed by atoms with Crippen LogP contribution in [-0.2, 0) is 23.0 Å². The smallest absolute Gasteiger partial charge is 0.215 e.